The highest BCUT2D eigenvalue weighted by Crippen LogP contribution is 2.37. The Labute approximate surface area is 212 Å². The van der Waals surface area contributed by atoms with Gasteiger partial charge in [0, 0.05) is 30.0 Å². The number of carbonyl (C=O) groups excluding carboxylic acids is 2. The average Bonchev–Trinajstić information content (AvgIpc) is 2.93. The number of anilines is 1. The van der Waals surface area contributed by atoms with Gasteiger partial charge in [-0.15, -0.1) is 0 Å². The first-order chi connectivity index (χ1) is 17.5. The lowest BCUT2D eigenvalue weighted by Crippen LogP contribution is -2.65. The molecule has 36 heavy (non-hydrogen) atoms. The second-order valence-corrected chi connectivity index (χ2v) is 9.95. The van der Waals surface area contributed by atoms with Crippen LogP contribution in [-0.2, 0) is 9.53 Å². The summed E-state index contributed by atoms with van der Waals surface area (Å²) in [6.45, 7) is 3.01. The predicted octanol–water partition coefficient (Wildman–Crippen LogP) is 4.88. The number of quaternary nitrogens is 1. The van der Waals surface area contributed by atoms with E-state index in [1.165, 1.54) is 0 Å². The number of methoxy groups -OCH3 is 1. The third-order valence-corrected chi connectivity index (χ3v) is 7.65. The molecule has 0 aliphatic carbocycles. The molecular weight excluding hydrogens is 452 g/mol. The van der Waals surface area contributed by atoms with Crippen molar-refractivity contribution in [1.29, 1.82) is 0 Å². The number of ether oxygens (including phenoxy) is 2. The molecule has 3 aliphatic heterocycles. The summed E-state index contributed by atoms with van der Waals surface area (Å²) in [4.78, 5) is 26.7. The average molecular weight is 486 g/mol. The quantitative estimate of drug-likeness (QED) is 0.266. The molecule has 2 atom stereocenters. The summed E-state index contributed by atoms with van der Waals surface area (Å²) in [7, 11) is 1.62. The van der Waals surface area contributed by atoms with Gasteiger partial charge in [0.2, 0.25) is 5.78 Å². The van der Waals surface area contributed by atoms with Crippen molar-refractivity contribution in [2.24, 2.45) is 5.92 Å². The molecule has 6 nitrogen and oxygen atoms in total. The zero-order valence-electron chi connectivity index (χ0n) is 20.6. The number of para-hydroxylation sites is 1. The summed E-state index contributed by atoms with van der Waals surface area (Å²) < 4.78 is 12.1. The van der Waals surface area contributed by atoms with Gasteiger partial charge in [-0.25, -0.2) is 4.79 Å². The molecule has 0 radical (unpaired) electrons. The Balaban J connectivity index is 1.29. The Morgan fingerprint density at radius 3 is 2.19 bits per heavy atom. The van der Waals surface area contributed by atoms with Crippen molar-refractivity contribution in [1.82, 2.24) is 0 Å². The van der Waals surface area contributed by atoms with E-state index in [-0.39, 0.29) is 17.9 Å². The van der Waals surface area contributed by atoms with Crippen LogP contribution in [0.15, 0.2) is 84.9 Å². The molecule has 1 N–H and O–H groups in total. The number of carbonyl (C=O) groups is 2. The number of Topliss-reactive ketones (excluding diaryl/α,β-unsaturated/α-hetero) is 1. The van der Waals surface area contributed by atoms with Gasteiger partial charge in [-0.2, -0.15) is 0 Å². The van der Waals surface area contributed by atoms with Gasteiger partial charge in [0.05, 0.1) is 20.2 Å². The van der Waals surface area contributed by atoms with Crippen LogP contribution >= 0.6 is 0 Å². The van der Waals surface area contributed by atoms with Gasteiger partial charge < -0.3 is 19.3 Å². The third-order valence-electron chi connectivity index (χ3n) is 7.65. The number of piperidine rings is 3. The van der Waals surface area contributed by atoms with Crippen molar-refractivity contribution < 1.29 is 23.5 Å². The molecular formula is C30H33N2O4+. The minimum atomic E-state index is -0.599. The Bertz CT molecular complexity index is 1170. The summed E-state index contributed by atoms with van der Waals surface area (Å²) in [5.41, 5.74) is 2.43. The number of fused-ring (bicyclic) bond motifs is 3. The Morgan fingerprint density at radius 2 is 1.56 bits per heavy atom. The fraction of sp³-hybridized carbons (Fsp3) is 0.333. The first kappa shape index (κ1) is 24.1. The maximum atomic E-state index is 13.5. The molecule has 3 aromatic carbocycles. The first-order valence-corrected chi connectivity index (χ1v) is 12.6. The van der Waals surface area contributed by atoms with E-state index >= 15 is 0 Å². The lowest BCUT2D eigenvalue weighted by atomic mass is 9.82. The van der Waals surface area contributed by atoms with Crippen molar-refractivity contribution in [3.63, 3.8) is 0 Å². The molecule has 3 fully saturated rings. The Morgan fingerprint density at radius 1 is 0.917 bits per heavy atom. The summed E-state index contributed by atoms with van der Waals surface area (Å²) in [6.07, 6.45) is 1.75. The number of nitrogens with zero attached hydrogens (tertiary/aromatic N) is 1. The minimum absolute atomic E-state index is 0.121. The highest BCUT2D eigenvalue weighted by molar-refractivity contribution is 5.97. The highest BCUT2D eigenvalue weighted by Gasteiger charge is 2.49. The van der Waals surface area contributed by atoms with E-state index in [1.807, 2.05) is 84.9 Å². The number of hydrogen-bond donors (Lipinski definition) is 1. The number of ketones is 1. The molecule has 0 unspecified atom stereocenters. The van der Waals surface area contributed by atoms with E-state index in [9.17, 15) is 9.59 Å². The smallest absolute Gasteiger partial charge is 0.333 e. The van der Waals surface area contributed by atoms with Gasteiger partial charge >= 0.3 is 5.97 Å². The van der Waals surface area contributed by atoms with Crippen LogP contribution in [0.4, 0.5) is 5.69 Å². The van der Waals surface area contributed by atoms with Gasteiger partial charge in [-0.05, 0) is 42.0 Å². The van der Waals surface area contributed by atoms with Crippen molar-refractivity contribution >= 4 is 17.4 Å². The Hall–Kier alpha value is -3.64. The molecule has 0 saturated carbocycles. The number of esters is 1. The Kier molecular flexibility index (Phi) is 7.05. The molecule has 2 bridgehead atoms. The molecule has 3 heterocycles. The molecule has 3 aliphatic rings. The molecule has 6 rings (SSSR count). The van der Waals surface area contributed by atoms with Gasteiger partial charge in [0.25, 0.3) is 0 Å². The number of benzene rings is 3. The molecule has 0 spiro atoms. The topological polar surface area (TPSA) is 64.6 Å². The van der Waals surface area contributed by atoms with Crippen LogP contribution in [0.2, 0.25) is 0 Å². The van der Waals surface area contributed by atoms with Gasteiger partial charge in [0.15, 0.2) is 12.1 Å². The molecule has 186 valence electrons. The van der Waals surface area contributed by atoms with Gasteiger partial charge in [0.1, 0.15) is 18.8 Å². The highest BCUT2D eigenvalue weighted by atomic mass is 16.5. The monoisotopic (exact) mass is 485 g/mol. The lowest BCUT2D eigenvalue weighted by Gasteiger charge is -2.51. The van der Waals surface area contributed by atoms with Crippen LogP contribution in [0.1, 0.15) is 34.8 Å². The van der Waals surface area contributed by atoms with Crippen LogP contribution in [0.25, 0.3) is 0 Å². The zero-order valence-corrected chi connectivity index (χ0v) is 20.6. The molecule has 0 amide bonds. The number of hydrogen-bond acceptors (Lipinski definition) is 5. The van der Waals surface area contributed by atoms with E-state index in [0.29, 0.717) is 29.1 Å². The normalized spacial score (nSPS) is 23.5. The fourth-order valence-corrected chi connectivity index (χ4v) is 5.59. The van der Waals surface area contributed by atoms with E-state index in [2.05, 4.69) is 5.32 Å². The van der Waals surface area contributed by atoms with Crippen molar-refractivity contribution in [2.75, 3.05) is 38.6 Å². The fourth-order valence-electron chi connectivity index (χ4n) is 5.59. The second-order valence-electron chi connectivity index (χ2n) is 9.95. The van der Waals surface area contributed by atoms with Crippen molar-refractivity contribution in [2.45, 2.75) is 25.0 Å². The SMILES string of the molecule is COc1ccc(C(=O)C[N+]23CCC(CC2)[C@@H](OC(=O)[C@H](Nc2ccccc2)c2ccccc2)C3)cc1. The van der Waals surface area contributed by atoms with Crippen molar-refractivity contribution in [3.8, 4) is 5.75 Å². The van der Waals surface area contributed by atoms with Crippen LogP contribution < -0.4 is 10.1 Å². The maximum absolute atomic E-state index is 13.5. The van der Waals surface area contributed by atoms with E-state index in [1.54, 1.807) is 7.11 Å². The van der Waals surface area contributed by atoms with E-state index < -0.39 is 6.04 Å². The van der Waals surface area contributed by atoms with E-state index in [4.69, 9.17) is 9.47 Å². The predicted molar refractivity (Wildman–Crippen MR) is 139 cm³/mol. The lowest BCUT2D eigenvalue weighted by molar-refractivity contribution is -0.938. The molecule has 3 saturated heterocycles. The zero-order chi connectivity index (χ0) is 25.0. The van der Waals surface area contributed by atoms with Crippen LogP contribution in [-0.4, -0.2) is 55.6 Å². The van der Waals surface area contributed by atoms with Crippen LogP contribution in [0.3, 0.4) is 0 Å². The second kappa shape index (κ2) is 10.5. The summed E-state index contributed by atoms with van der Waals surface area (Å²) in [5, 5.41) is 3.36. The van der Waals surface area contributed by atoms with Crippen LogP contribution in [0, 0.1) is 5.92 Å². The molecule has 6 heteroatoms. The molecule has 0 aromatic heterocycles. The number of rotatable bonds is 9. The number of nitrogens with one attached hydrogen (secondary N) is 1. The van der Waals surface area contributed by atoms with E-state index in [0.717, 1.165) is 42.9 Å². The first-order valence-electron chi connectivity index (χ1n) is 12.6. The molecule has 3 aromatic rings. The van der Waals surface area contributed by atoms with Gasteiger partial charge in [-0.3, -0.25) is 4.79 Å². The maximum Gasteiger partial charge on any atom is 0.333 e. The summed E-state index contributed by atoms with van der Waals surface area (Å²) in [6, 6.07) is 26.1. The van der Waals surface area contributed by atoms with Gasteiger partial charge in [-0.1, -0.05) is 48.5 Å². The van der Waals surface area contributed by atoms with Crippen molar-refractivity contribution in [3.05, 3.63) is 96.1 Å². The largest absolute Gasteiger partial charge is 0.497 e. The van der Waals surface area contributed by atoms with Crippen LogP contribution in [0.5, 0.6) is 5.75 Å². The standard InChI is InChI=1S/C30H33N2O4/c1-35-26-14-12-22(13-15-26)27(33)20-32-18-16-23(17-19-32)28(21-32)36-30(34)29(24-8-4-2-5-9-24)31-25-10-6-3-7-11-25/h2-15,23,28-29,31H,16-21H2,1H3/q+1/t23?,28-,29+,32?/m0/s1. The summed E-state index contributed by atoms with van der Waals surface area (Å²) >= 11 is 0. The minimum Gasteiger partial charge on any atom is -0.497 e. The third kappa shape index (κ3) is 5.29. The summed E-state index contributed by atoms with van der Waals surface area (Å²) in [5.74, 6) is 0.930.